The van der Waals surface area contributed by atoms with E-state index in [9.17, 15) is 0 Å². The molecule has 0 nitrogen and oxygen atoms in total. The molecule has 0 atom stereocenters. The van der Waals surface area contributed by atoms with Gasteiger partial charge in [0.05, 0.1) is 27.3 Å². The van der Waals surface area contributed by atoms with Gasteiger partial charge in [0.15, 0.2) is 0 Å². The second kappa shape index (κ2) is 8.83. The Bertz CT molecular complexity index is 823. The summed E-state index contributed by atoms with van der Waals surface area (Å²) in [6, 6.07) is 0. The van der Waals surface area contributed by atoms with Crippen molar-refractivity contribution >= 4 is 159 Å². The quantitative estimate of drug-likeness (QED) is 0.232. The van der Waals surface area contributed by atoms with Crippen LogP contribution in [0.3, 0.4) is 0 Å². The Labute approximate surface area is 194 Å². The number of hydrogen-bond donors (Lipinski definition) is 0. The third-order valence-electron chi connectivity index (χ3n) is 2.35. The molecule has 0 saturated carbocycles. The Morgan fingerprint density at radius 2 is 1.36 bits per heavy atom. The minimum atomic E-state index is 1.03. The van der Waals surface area contributed by atoms with Crippen molar-refractivity contribution in [3.63, 3.8) is 0 Å². The SMILES string of the molecule is CSC1=C(SC)SC(=c2sc(=S)c(=C3SC(I)=C(I)S3)s2)S1. The van der Waals surface area contributed by atoms with Crippen molar-refractivity contribution in [2.24, 2.45) is 0 Å². The number of thioether (sulfide) groups is 6. The lowest BCUT2D eigenvalue weighted by Crippen LogP contribution is -1.96. The van der Waals surface area contributed by atoms with Gasteiger partial charge in [-0.15, -0.1) is 46.2 Å². The lowest BCUT2D eigenvalue weighted by Gasteiger charge is -1.94. The van der Waals surface area contributed by atoms with Crippen LogP contribution in [0, 0.1) is 3.82 Å². The second-order valence-electron chi connectivity index (χ2n) is 3.62. The van der Waals surface area contributed by atoms with Gasteiger partial charge in [0.25, 0.3) is 0 Å². The Morgan fingerprint density at radius 1 is 0.818 bits per heavy atom. The molecule has 1 aromatic heterocycles. The van der Waals surface area contributed by atoms with Gasteiger partial charge in [0, 0.05) is 0 Å². The van der Waals surface area contributed by atoms with E-state index in [0.717, 1.165) is 3.82 Å². The zero-order chi connectivity index (χ0) is 15.9. The van der Waals surface area contributed by atoms with E-state index in [2.05, 4.69) is 57.7 Å². The summed E-state index contributed by atoms with van der Waals surface area (Å²) in [4.78, 5) is 0. The topological polar surface area (TPSA) is 0 Å². The molecule has 0 amide bonds. The van der Waals surface area contributed by atoms with Gasteiger partial charge in [-0.05, 0) is 57.7 Å². The molecule has 0 saturated heterocycles. The molecule has 0 bridgehead atoms. The average Bonchev–Trinajstić information content (AvgIpc) is 3.16. The van der Waals surface area contributed by atoms with Gasteiger partial charge in [0.2, 0.25) is 0 Å². The molecule has 0 radical (unpaired) electrons. The third kappa shape index (κ3) is 4.30. The van der Waals surface area contributed by atoms with Crippen molar-refractivity contribution in [1.29, 1.82) is 0 Å². The van der Waals surface area contributed by atoms with E-state index in [1.165, 1.54) is 31.2 Å². The predicted molar refractivity (Wildman–Crippen MR) is 139 cm³/mol. The Kier molecular flexibility index (Phi) is 7.94. The van der Waals surface area contributed by atoms with Crippen molar-refractivity contribution < 1.29 is 0 Å². The molecule has 0 aromatic carbocycles. The summed E-state index contributed by atoms with van der Waals surface area (Å²) >= 11 is 25.3. The summed E-state index contributed by atoms with van der Waals surface area (Å²) in [5.41, 5.74) is 0. The first-order valence-electron chi connectivity index (χ1n) is 5.51. The fraction of sp³-hybridized carbons (Fsp3) is 0.182. The van der Waals surface area contributed by atoms with Gasteiger partial charge >= 0.3 is 0 Å². The molecule has 11 heteroatoms. The minimum Gasteiger partial charge on any atom is -0.121 e. The summed E-state index contributed by atoms with van der Waals surface area (Å²) < 4.78 is 12.0. The molecule has 0 aliphatic carbocycles. The molecule has 2 aliphatic rings. The maximum Gasteiger partial charge on any atom is 0.110 e. The summed E-state index contributed by atoms with van der Waals surface area (Å²) in [6.07, 6.45) is 4.31. The third-order valence-corrected chi connectivity index (χ3v) is 17.7. The van der Waals surface area contributed by atoms with E-state index in [-0.39, 0.29) is 0 Å². The highest BCUT2D eigenvalue weighted by molar-refractivity contribution is 14.1. The molecule has 118 valence electrons. The molecule has 1 aromatic rings. The minimum absolute atomic E-state index is 1.03. The predicted octanol–water partition coefficient (Wildman–Crippen LogP) is 7.48. The molecule has 2 aliphatic heterocycles. The average molecular weight is 681 g/mol. The molecular weight excluding hydrogens is 675 g/mol. The summed E-state index contributed by atoms with van der Waals surface area (Å²) in [5, 5.41) is 0. The van der Waals surface area contributed by atoms with E-state index < -0.39 is 0 Å². The summed E-state index contributed by atoms with van der Waals surface area (Å²) in [7, 11) is 0. The lowest BCUT2D eigenvalue weighted by molar-refractivity contribution is 2.04. The first kappa shape index (κ1) is 19.8. The maximum atomic E-state index is 5.64. The van der Waals surface area contributed by atoms with E-state index >= 15 is 0 Å². The van der Waals surface area contributed by atoms with Crippen molar-refractivity contribution in [3.8, 4) is 0 Å². The van der Waals surface area contributed by atoms with Gasteiger partial charge in [-0.25, -0.2) is 0 Å². The van der Waals surface area contributed by atoms with Crippen molar-refractivity contribution in [2.75, 3.05) is 12.5 Å². The summed E-state index contributed by atoms with van der Waals surface area (Å²) in [6.45, 7) is 0. The smallest absolute Gasteiger partial charge is 0.110 e. The Hall–Kier alpha value is 3.05. The Balaban J connectivity index is 2.04. The molecule has 3 rings (SSSR count). The van der Waals surface area contributed by atoms with Crippen LogP contribution in [0.15, 0.2) is 14.3 Å². The van der Waals surface area contributed by atoms with E-state index in [4.69, 9.17) is 12.2 Å². The first-order chi connectivity index (χ1) is 10.5. The largest absolute Gasteiger partial charge is 0.121 e. The maximum absolute atomic E-state index is 5.64. The van der Waals surface area contributed by atoms with Crippen LogP contribution in [-0.4, -0.2) is 12.5 Å². The van der Waals surface area contributed by atoms with Crippen molar-refractivity contribution in [3.05, 3.63) is 26.5 Å². The number of hydrogen-bond acceptors (Lipinski definition) is 9. The van der Waals surface area contributed by atoms with E-state index in [0.29, 0.717) is 0 Å². The molecule has 3 heterocycles. The lowest BCUT2D eigenvalue weighted by atomic mass is 10.9. The highest BCUT2D eigenvalue weighted by atomic mass is 127. The standard InChI is InChI=1S/C11H6I2S9/c1-15-8-9(16-2)22-11(21-8)10-17-3(6(14)20-10)7-18-4(12)5(13)19-7/h1-2H3. The molecule has 0 fully saturated rings. The fourth-order valence-corrected chi connectivity index (χ4v) is 15.0. The van der Waals surface area contributed by atoms with E-state index in [1.807, 2.05) is 81.9 Å². The van der Waals surface area contributed by atoms with Crippen LogP contribution in [0.1, 0.15) is 0 Å². The van der Waals surface area contributed by atoms with Gasteiger partial charge < -0.3 is 0 Å². The van der Waals surface area contributed by atoms with E-state index in [1.54, 1.807) is 11.3 Å². The van der Waals surface area contributed by atoms with Crippen LogP contribution in [0.4, 0.5) is 0 Å². The highest BCUT2D eigenvalue weighted by Gasteiger charge is 2.23. The second-order valence-corrected chi connectivity index (χ2v) is 17.0. The van der Waals surface area contributed by atoms with Crippen LogP contribution in [0.2, 0.25) is 0 Å². The number of halogens is 2. The molecule has 0 spiro atoms. The normalized spacial score (nSPS) is 19.1. The molecule has 0 unspecified atom stereocenters. The van der Waals surface area contributed by atoms with Crippen LogP contribution >= 0.6 is 151 Å². The highest BCUT2D eigenvalue weighted by Crippen LogP contribution is 2.57. The van der Waals surface area contributed by atoms with Crippen LogP contribution < -0.4 is 8.38 Å². The Morgan fingerprint density at radius 3 is 1.86 bits per heavy atom. The number of rotatable bonds is 2. The first-order valence-corrected chi connectivity index (χ1v) is 15.4. The molecule has 22 heavy (non-hydrogen) atoms. The summed E-state index contributed by atoms with van der Waals surface area (Å²) in [5.74, 6) is 0. The zero-order valence-electron chi connectivity index (χ0n) is 10.9. The van der Waals surface area contributed by atoms with Gasteiger partial charge in [-0.1, -0.05) is 59.3 Å². The molecular formula is C11H6I2S9. The van der Waals surface area contributed by atoms with Crippen LogP contribution in [0.25, 0.3) is 8.47 Å². The zero-order valence-corrected chi connectivity index (χ0v) is 22.6. The van der Waals surface area contributed by atoms with Crippen molar-refractivity contribution in [2.45, 2.75) is 0 Å². The fourth-order valence-electron chi connectivity index (χ4n) is 1.46. The monoisotopic (exact) mass is 680 g/mol. The van der Waals surface area contributed by atoms with Crippen LogP contribution in [0.5, 0.6) is 0 Å². The molecule has 0 N–H and O–H groups in total. The van der Waals surface area contributed by atoms with Gasteiger partial charge in [-0.3, -0.25) is 0 Å². The van der Waals surface area contributed by atoms with Gasteiger partial charge in [-0.2, -0.15) is 0 Å². The van der Waals surface area contributed by atoms with Gasteiger partial charge in [0.1, 0.15) is 7.67 Å². The van der Waals surface area contributed by atoms with Crippen molar-refractivity contribution in [1.82, 2.24) is 0 Å². The van der Waals surface area contributed by atoms with Crippen LogP contribution in [-0.2, 0) is 0 Å².